The van der Waals surface area contributed by atoms with Gasteiger partial charge in [-0.3, -0.25) is 24.7 Å². The maximum absolute atomic E-state index is 15.0. The largest absolute Gasteiger partial charge is 0.496 e. The average Bonchev–Trinajstić information content (AvgIpc) is 3.62. The van der Waals surface area contributed by atoms with Crippen LogP contribution in [0.3, 0.4) is 0 Å². The Bertz CT molecular complexity index is 2510. The Kier molecular flexibility index (Phi) is 9.78. The summed E-state index contributed by atoms with van der Waals surface area (Å²) in [5, 5.41) is 20.2. The maximum Gasteiger partial charge on any atom is 0.296 e. The van der Waals surface area contributed by atoms with Gasteiger partial charge in [0.05, 0.1) is 29.3 Å². The standard InChI is InChI=1S/C40H35ClFN7O5S/c1-22-15-28(29-18-24(41)8-10-34(29)53-2)31(21-43-22)35(50)44-38-47-48-39(55-38)54-25-19-40(20-25)11-13-49(14-12-40)37(52)30-16-23(7-9-32(30)42)17-33-26-5-3-4-6-27(26)36(51)46-45-33/h3-10,15-16,18,21,25H,11-14,17,19-20H2,1-2H3,(H,46,51)(H,44,47,50). The number of pyridine rings is 1. The number of benzene rings is 3. The highest BCUT2D eigenvalue weighted by molar-refractivity contribution is 7.17. The first-order valence-corrected chi connectivity index (χ1v) is 18.9. The van der Waals surface area contributed by atoms with Gasteiger partial charge in [-0.25, -0.2) is 9.49 Å². The van der Waals surface area contributed by atoms with E-state index in [0.717, 1.165) is 48.3 Å². The van der Waals surface area contributed by atoms with Gasteiger partial charge in [0.15, 0.2) is 0 Å². The number of hydrogen-bond acceptors (Lipinski definition) is 10. The number of aromatic nitrogens is 5. The van der Waals surface area contributed by atoms with E-state index in [1.54, 1.807) is 60.5 Å². The monoisotopic (exact) mass is 779 g/mol. The van der Waals surface area contributed by atoms with Crippen molar-refractivity contribution in [2.45, 2.75) is 45.1 Å². The van der Waals surface area contributed by atoms with E-state index < -0.39 is 11.7 Å². The second-order valence-corrected chi connectivity index (χ2v) is 15.4. The molecule has 1 spiro atoms. The van der Waals surface area contributed by atoms with Gasteiger partial charge in [-0.2, -0.15) is 5.10 Å². The van der Waals surface area contributed by atoms with E-state index in [1.165, 1.54) is 12.3 Å². The van der Waals surface area contributed by atoms with Gasteiger partial charge in [-0.15, -0.1) is 5.10 Å². The number of piperidine rings is 1. The molecule has 15 heteroatoms. The molecule has 0 radical (unpaired) electrons. The van der Waals surface area contributed by atoms with E-state index in [2.05, 4.69) is 30.7 Å². The second kappa shape index (κ2) is 14.8. The molecule has 0 bridgehead atoms. The molecule has 12 nitrogen and oxygen atoms in total. The minimum atomic E-state index is -0.574. The van der Waals surface area contributed by atoms with Crippen LogP contribution in [0.15, 0.2) is 77.7 Å². The molecular weight excluding hydrogens is 745 g/mol. The molecule has 0 unspecified atom stereocenters. The molecule has 2 aliphatic rings. The summed E-state index contributed by atoms with van der Waals surface area (Å²) in [6.07, 6.45) is 4.89. The van der Waals surface area contributed by atoms with E-state index >= 15 is 4.39 Å². The lowest BCUT2D eigenvalue weighted by atomic mass is 9.61. The summed E-state index contributed by atoms with van der Waals surface area (Å²) in [4.78, 5) is 45.3. The summed E-state index contributed by atoms with van der Waals surface area (Å²) in [7, 11) is 1.56. The van der Waals surface area contributed by atoms with Crippen molar-refractivity contribution in [3.8, 4) is 22.1 Å². The third-order valence-corrected chi connectivity index (χ3v) is 11.4. The third-order valence-electron chi connectivity index (χ3n) is 10.5. The average molecular weight is 780 g/mol. The molecule has 2 N–H and O–H groups in total. The molecule has 1 saturated heterocycles. The minimum absolute atomic E-state index is 0.0234. The van der Waals surface area contributed by atoms with Gasteiger partial charge in [0.2, 0.25) is 5.13 Å². The summed E-state index contributed by atoms with van der Waals surface area (Å²) in [5.41, 5.74) is 3.45. The molecule has 3 aromatic carbocycles. The van der Waals surface area contributed by atoms with Crippen LogP contribution in [0.1, 0.15) is 63.4 Å². The molecular formula is C40H35ClFN7O5S. The number of carbonyl (C=O) groups excluding carboxylic acids is 2. The summed E-state index contributed by atoms with van der Waals surface area (Å²) >= 11 is 7.42. The van der Waals surface area contributed by atoms with Crippen LogP contribution < -0.4 is 20.3 Å². The van der Waals surface area contributed by atoms with Gasteiger partial charge < -0.3 is 14.4 Å². The number of anilines is 1. The zero-order valence-electron chi connectivity index (χ0n) is 29.9. The summed E-state index contributed by atoms with van der Waals surface area (Å²) < 4.78 is 26.7. The van der Waals surface area contributed by atoms with Crippen LogP contribution >= 0.6 is 22.9 Å². The molecule has 0 atom stereocenters. The van der Waals surface area contributed by atoms with Crippen LogP contribution in [-0.2, 0) is 6.42 Å². The van der Waals surface area contributed by atoms with Crippen molar-refractivity contribution in [1.29, 1.82) is 0 Å². The Morgan fingerprint density at radius 2 is 1.80 bits per heavy atom. The lowest BCUT2D eigenvalue weighted by Gasteiger charge is -2.51. The van der Waals surface area contributed by atoms with E-state index in [4.69, 9.17) is 21.1 Å². The highest BCUT2D eigenvalue weighted by Gasteiger charge is 2.48. The van der Waals surface area contributed by atoms with Crippen LogP contribution in [0.4, 0.5) is 9.52 Å². The summed E-state index contributed by atoms with van der Waals surface area (Å²) in [6.45, 7) is 2.85. The van der Waals surface area contributed by atoms with Crippen molar-refractivity contribution in [3.63, 3.8) is 0 Å². The Morgan fingerprint density at radius 3 is 2.58 bits per heavy atom. The lowest BCUT2D eigenvalue weighted by molar-refractivity contribution is -0.0511. The van der Waals surface area contributed by atoms with Gasteiger partial charge in [0, 0.05) is 52.9 Å². The number of aryl methyl sites for hydroxylation is 1. The van der Waals surface area contributed by atoms with Gasteiger partial charge in [0.25, 0.3) is 22.6 Å². The van der Waals surface area contributed by atoms with Gasteiger partial charge >= 0.3 is 0 Å². The Morgan fingerprint density at radius 1 is 1.02 bits per heavy atom. The van der Waals surface area contributed by atoms with Crippen molar-refractivity contribution >= 4 is 50.7 Å². The number of nitrogens with one attached hydrogen (secondary N) is 2. The number of ether oxygens (including phenoxy) is 2. The topological polar surface area (TPSA) is 152 Å². The highest BCUT2D eigenvalue weighted by atomic mass is 35.5. The predicted molar refractivity (Wildman–Crippen MR) is 207 cm³/mol. The minimum Gasteiger partial charge on any atom is -0.496 e. The molecule has 1 saturated carbocycles. The van der Waals surface area contributed by atoms with Crippen LogP contribution in [0.2, 0.25) is 5.02 Å². The fourth-order valence-corrected chi connectivity index (χ4v) is 8.40. The van der Waals surface area contributed by atoms with E-state index in [1.807, 2.05) is 19.1 Å². The molecule has 1 aliphatic carbocycles. The lowest BCUT2D eigenvalue weighted by Crippen LogP contribution is -2.52. The molecule has 2 fully saturated rings. The third kappa shape index (κ3) is 7.39. The van der Waals surface area contributed by atoms with Crippen LogP contribution in [0.5, 0.6) is 10.9 Å². The number of methoxy groups -OCH3 is 1. The fraction of sp³-hybridized carbons (Fsp3) is 0.275. The van der Waals surface area contributed by atoms with Crippen molar-refractivity contribution in [2.24, 2.45) is 5.41 Å². The smallest absolute Gasteiger partial charge is 0.296 e. The van der Waals surface area contributed by atoms with Crippen molar-refractivity contribution in [1.82, 2.24) is 30.3 Å². The first-order chi connectivity index (χ1) is 26.6. The van der Waals surface area contributed by atoms with E-state index in [-0.39, 0.29) is 33.7 Å². The number of aromatic amines is 1. The number of likely N-dealkylation sites (tertiary alicyclic amines) is 1. The molecule has 1 aliphatic heterocycles. The quantitative estimate of drug-likeness (QED) is 0.155. The van der Waals surface area contributed by atoms with E-state index in [0.29, 0.717) is 68.6 Å². The highest BCUT2D eigenvalue weighted by Crippen LogP contribution is 2.51. The van der Waals surface area contributed by atoms with Crippen LogP contribution in [0, 0.1) is 18.2 Å². The summed E-state index contributed by atoms with van der Waals surface area (Å²) in [5.74, 6) is -0.765. The normalized spacial score (nSPS) is 15.2. The van der Waals surface area contributed by atoms with Crippen molar-refractivity contribution < 1.29 is 23.5 Å². The number of halogens is 2. The molecule has 55 heavy (non-hydrogen) atoms. The van der Waals surface area contributed by atoms with Crippen LogP contribution in [-0.4, -0.2) is 68.4 Å². The number of amides is 2. The number of H-pyrrole nitrogens is 1. The van der Waals surface area contributed by atoms with Gasteiger partial charge in [0.1, 0.15) is 17.7 Å². The number of hydrogen-bond donors (Lipinski definition) is 2. The first-order valence-electron chi connectivity index (χ1n) is 17.7. The van der Waals surface area contributed by atoms with Crippen molar-refractivity contribution in [3.05, 3.63) is 122 Å². The first kappa shape index (κ1) is 36.3. The number of nitrogens with zero attached hydrogens (tertiary/aromatic N) is 5. The zero-order chi connectivity index (χ0) is 38.3. The summed E-state index contributed by atoms with van der Waals surface area (Å²) in [6, 6.07) is 18.7. The Labute approximate surface area is 323 Å². The molecule has 8 rings (SSSR count). The number of carbonyl (C=O) groups is 2. The molecule has 2 amide bonds. The SMILES string of the molecule is COc1ccc(Cl)cc1-c1cc(C)ncc1C(=O)Nc1nnc(OC2CC3(CCN(C(=O)c4cc(Cc5n[nH]c(=O)c6ccccc56)ccc4F)CC3)C2)s1. The Hall–Kier alpha value is -5.73. The predicted octanol–water partition coefficient (Wildman–Crippen LogP) is 7.25. The van der Waals surface area contributed by atoms with Gasteiger partial charge in [-0.05, 0) is 97.4 Å². The molecule has 3 aromatic heterocycles. The number of fused-ring (bicyclic) bond motifs is 1. The van der Waals surface area contributed by atoms with Crippen LogP contribution in [0.25, 0.3) is 21.9 Å². The molecule has 280 valence electrons. The van der Waals surface area contributed by atoms with E-state index in [9.17, 15) is 14.4 Å². The molecule has 4 heterocycles. The maximum atomic E-state index is 15.0. The van der Waals surface area contributed by atoms with Crippen molar-refractivity contribution in [2.75, 3.05) is 25.5 Å². The second-order valence-electron chi connectivity index (χ2n) is 14.0. The number of rotatable bonds is 9. The van der Waals surface area contributed by atoms with Gasteiger partial charge in [-0.1, -0.05) is 41.0 Å². The molecule has 6 aromatic rings. The fourth-order valence-electron chi connectivity index (χ4n) is 7.57. The Balaban J connectivity index is 0.861. The zero-order valence-corrected chi connectivity index (χ0v) is 31.5.